The number of allylic oxidation sites excluding steroid dienone is 1. The summed E-state index contributed by atoms with van der Waals surface area (Å²) in [6, 6.07) is 0. The highest BCUT2D eigenvalue weighted by atomic mass is 28.4. The predicted octanol–water partition coefficient (Wildman–Crippen LogP) is 3.29. The van der Waals surface area contributed by atoms with Crippen LogP contribution in [0, 0.1) is 0 Å². The third-order valence-electron chi connectivity index (χ3n) is 2.07. The van der Waals surface area contributed by atoms with Crippen LogP contribution in [-0.4, -0.2) is 34.9 Å². The van der Waals surface area contributed by atoms with Crippen molar-refractivity contribution in [3.05, 3.63) is 12.3 Å². The number of rotatable bonds is 12. The highest BCUT2D eigenvalue weighted by molar-refractivity contribution is 6.60. The van der Waals surface area contributed by atoms with Gasteiger partial charge in [0.2, 0.25) is 0 Å². The lowest BCUT2D eigenvalue weighted by Gasteiger charge is -2.29. The van der Waals surface area contributed by atoms with E-state index < -0.39 is 8.80 Å². The summed E-state index contributed by atoms with van der Waals surface area (Å²) in [6.45, 7) is 13.7. The monoisotopic (exact) mass is 276 g/mol. The topological polar surface area (TPSA) is 36.9 Å². The second-order valence-electron chi connectivity index (χ2n) is 4.22. The standard InChI is InChI=1S/C13H28O4Si/c1-6-9-15-18(16-10-7-2,17-11-8-3)12-14-13(4)5/h4,6-12H2,1-3,5H3. The van der Waals surface area contributed by atoms with E-state index in [9.17, 15) is 0 Å². The van der Waals surface area contributed by atoms with Gasteiger partial charge in [-0.2, -0.15) is 0 Å². The summed E-state index contributed by atoms with van der Waals surface area (Å²) in [6.07, 6.45) is 3.16. The van der Waals surface area contributed by atoms with Gasteiger partial charge >= 0.3 is 8.80 Å². The minimum absolute atomic E-state index is 0.350. The van der Waals surface area contributed by atoms with Gasteiger partial charge in [0.1, 0.15) is 0 Å². The third-order valence-corrected chi connectivity index (χ3v) is 4.50. The minimum atomic E-state index is -2.70. The average Bonchev–Trinajstić information content (AvgIpc) is 2.37. The van der Waals surface area contributed by atoms with E-state index in [4.69, 9.17) is 18.0 Å². The minimum Gasteiger partial charge on any atom is -0.494 e. The van der Waals surface area contributed by atoms with Crippen LogP contribution in [0.15, 0.2) is 12.3 Å². The molecule has 4 nitrogen and oxygen atoms in total. The molecule has 18 heavy (non-hydrogen) atoms. The van der Waals surface area contributed by atoms with Crippen LogP contribution in [0.3, 0.4) is 0 Å². The molecule has 0 amide bonds. The highest BCUT2D eigenvalue weighted by Crippen LogP contribution is 2.14. The maximum Gasteiger partial charge on any atom is 0.540 e. The molecule has 0 aliphatic carbocycles. The largest absolute Gasteiger partial charge is 0.540 e. The fourth-order valence-corrected chi connectivity index (χ4v) is 3.70. The van der Waals surface area contributed by atoms with Crippen molar-refractivity contribution in [3.63, 3.8) is 0 Å². The van der Waals surface area contributed by atoms with Gasteiger partial charge in [0.15, 0.2) is 6.23 Å². The molecule has 0 aliphatic rings. The molecule has 0 saturated heterocycles. The maximum atomic E-state index is 5.86. The summed E-state index contributed by atoms with van der Waals surface area (Å²) in [4.78, 5) is 0. The molecule has 0 aromatic rings. The molecule has 0 bridgehead atoms. The first kappa shape index (κ1) is 17.6. The maximum absolute atomic E-state index is 5.86. The van der Waals surface area contributed by atoms with Gasteiger partial charge < -0.3 is 18.0 Å². The molecule has 0 heterocycles. The van der Waals surface area contributed by atoms with Crippen molar-refractivity contribution in [2.75, 3.05) is 26.1 Å². The predicted molar refractivity (Wildman–Crippen MR) is 75.2 cm³/mol. The van der Waals surface area contributed by atoms with E-state index in [0.29, 0.717) is 31.8 Å². The van der Waals surface area contributed by atoms with E-state index in [1.54, 1.807) is 0 Å². The van der Waals surface area contributed by atoms with Crippen molar-refractivity contribution in [2.45, 2.75) is 47.0 Å². The summed E-state index contributed by atoms with van der Waals surface area (Å²) in [5.74, 6) is 0.659. The van der Waals surface area contributed by atoms with Gasteiger partial charge in [0, 0.05) is 19.8 Å². The van der Waals surface area contributed by atoms with Crippen LogP contribution in [0.2, 0.25) is 0 Å². The zero-order valence-corrected chi connectivity index (χ0v) is 13.3. The first-order chi connectivity index (χ1) is 8.60. The van der Waals surface area contributed by atoms with Crippen LogP contribution >= 0.6 is 0 Å². The van der Waals surface area contributed by atoms with Crippen LogP contribution in [0.4, 0.5) is 0 Å². The van der Waals surface area contributed by atoms with Crippen molar-refractivity contribution in [1.82, 2.24) is 0 Å². The molecule has 0 aromatic heterocycles. The fraction of sp³-hybridized carbons (Fsp3) is 0.846. The molecular formula is C13H28O4Si. The Hall–Kier alpha value is -0.363. The normalized spacial score (nSPS) is 11.6. The van der Waals surface area contributed by atoms with Crippen LogP contribution in [0.5, 0.6) is 0 Å². The zero-order valence-electron chi connectivity index (χ0n) is 12.3. The quantitative estimate of drug-likeness (QED) is 0.405. The SMILES string of the molecule is C=C(C)OC[Si](OCCC)(OCCC)OCCC. The molecule has 0 saturated carbocycles. The lowest BCUT2D eigenvalue weighted by molar-refractivity contribution is 0.0340. The van der Waals surface area contributed by atoms with Crippen LogP contribution in [-0.2, 0) is 18.0 Å². The summed E-state index contributed by atoms with van der Waals surface area (Å²) >= 11 is 0. The van der Waals surface area contributed by atoms with E-state index >= 15 is 0 Å². The Kier molecular flexibility index (Phi) is 10.3. The van der Waals surface area contributed by atoms with Gasteiger partial charge in [-0.25, -0.2) is 0 Å². The molecule has 108 valence electrons. The van der Waals surface area contributed by atoms with Crippen molar-refractivity contribution in [1.29, 1.82) is 0 Å². The summed E-state index contributed by atoms with van der Waals surface area (Å²) in [5, 5.41) is 0. The lowest BCUT2D eigenvalue weighted by atomic mass is 10.5. The van der Waals surface area contributed by atoms with Gasteiger partial charge in [-0.3, -0.25) is 0 Å². The Morgan fingerprint density at radius 1 is 0.889 bits per heavy atom. The number of ether oxygens (including phenoxy) is 1. The van der Waals surface area contributed by atoms with Crippen molar-refractivity contribution >= 4 is 8.80 Å². The summed E-state index contributed by atoms with van der Waals surface area (Å²) < 4.78 is 23.1. The average molecular weight is 276 g/mol. The summed E-state index contributed by atoms with van der Waals surface area (Å²) in [5.41, 5.74) is 0. The lowest BCUT2D eigenvalue weighted by Crippen LogP contribution is -2.51. The Labute approximate surface area is 113 Å². The van der Waals surface area contributed by atoms with Crippen LogP contribution in [0.25, 0.3) is 0 Å². The van der Waals surface area contributed by atoms with E-state index in [2.05, 4.69) is 27.4 Å². The van der Waals surface area contributed by atoms with Crippen LogP contribution < -0.4 is 0 Å². The first-order valence-electron chi connectivity index (χ1n) is 6.80. The first-order valence-corrected chi connectivity index (χ1v) is 8.73. The van der Waals surface area contributed by atoms with Crippen molar-refractivity contribution in [3.8, 4) is 0 Å². The Morgan fingerprint density at radius 2 is 1.28 bits per heavy atom. The number of hydrogen-bond donors (Lipinski definition) is 0. The fourth-order valence-electron chi connectivity index (χ4n) is 1.23. The van der Waals surface area contributed by atoms with E-state index in [0.717, 1.165) is 19.3 Å². The molecule has 5 heteroatoms. The smallest absolute Gasteiger partial charge is 0.494 e. The molecule has 0 aliphatic heterocycles. The van der Waals surface area contributed by atoms with Crippen LogP contribution in [0.1, 0.15) is 47.0 Å². The van der Waals surface area contributed by atoms with E-state index in [-0.39, 0.29) is 0 Å². The van der Waals surface area contributed by atoms with Gasteiger partial charge in [-0.1, -0.05) is 27.4 Å². The molecule has 0 radical (unpaired) electrons. The second-order valence-corrected chi connectivity index (χ2v) is 6.74. The van der Waals surface area contributed by atoms with Gasteiger partial charge in [0.05, 0.1) is 5.76 Å². The molecule has 0 atom stereocenters. The Bertz CT molecular complexity index is 199. The second kappa shape index (κ2) is 10.5. The molecule has 0 N–H and O–H groups in total. The molecule has 0 aromatic carbocycles. The molecular weight excluding hydrogens is 248 g/mol. The zero-order chi connectivity index (χ0) is 13.9. The van der Waals surface area contributed by atoms with E-state index in [1.165, 1.54) is 0 Å². The highest BCUT2D eigenvalue weighted by Gasteiger charge is 2.42. The molecule has 0 spiro atoms. The molecule has 0 fully saturated rings. The van der Waals surface area contributed by atoms with E-state index in [1.807, 2.05) is 6.92 Å². The Morgan fingerprint density at radius 3 is 1.56 bits per heavy atom. The Balaban J connectivity index is 4.55. The van der Waals surface area contributed by atoms with Crippen molar-refractivity contribution < 1.29 is 18.0 Å². The third kappa shape index (κ3) is 7.87. The molecule has 0 rings (SSSR count). The van der Waals surface area contributed by atoms with Crippen molar-refractivity contribution in [2.24, 2.45) is 0 Å². The number of hydrogen-bond acceptors (Lipinski definition) is 4. The summed E-state index contributed by atoms with van der Waals surface area (Å²) in [7, 11) is -2.70. The van der Waals surface area contributed by atoms with Gasteiger partial charge in [-0.15, -0.1) is 0 Å². The van der Waals surface area contributed by atoms with Gasteiger partial charge in [-0.05, 0) is 26.2 Å². The van der Waals surface area contributed by atoms with Gasteiger partial charge in [0.25, 0.3) is 0 Å². The molecule has 0 unspecified atom stereocenters.